The molecule has 1 heterocycles. The zero-order chi connectivity index (χ0) is 15.9. The summed E-state index contributed by atoms with van der Waals surface area (Å²) in [6, 6.07) is 10.2. The Labute approximate surface area is 137 Å². The van der Waals surface area contributed by atoms with E-state index in [-0.39, 0.29) is 11.3 Å². The number of fused-ring (bicyclic) bond motifs is 1. The van der Waals surface area contributed by atoms with Crippen molar-refractivity contribution in [2.45, 2.75) is 6.18 Å². The summed E-state index contributed by atoms with van der Waals surface area (Å²) in [4.78, 5) is 4.08. The van der Waals surface area contributed by atoms with Crippen LogP contribution in [0.2, 0.25) is 0 Å². The van der Waals surface area contributed by atoms with Crippen LogP contribution in [0.1, 0.15) is 5.56 Å². The maximum atomic E-state index is 13.2. The van der Waals surface area contributed by atoms with Crippen LogP contribution in [0.5, 0.6) is 5.75 Å². The van der Waals surface area contributed by atoms with Crippen LogP contribution < -0.4 is 0 Å². The van der Waals surface area contributed by atoms with Crippen molar-refractivity contribution in [3.8, 4) is 16.9 Å². The minimum absolute atomic E-state index is 0.0237. The fourth-order valence-corrected chi connectivity index (χ4v) is 2.95. The second-order valence-electron chi connectivity index (χ2n) is 4.70. The fourth-order valence-electron chi connectivity index (χ4n) is 2.39. The summed E-state index contributed by atoms with van der Waals surface area (Å²) in [5.74, 6) is -0.0237. The van der Waals surface area contributed by atoms with Gasteiger partial charge in [0, 0.05) is 11.6 Å². The van der Waals surface area contributed by atoms with Crippen LogP contribution >= 0.6 is 22.6 Å². The number of aromatic nitrogens is 1. The van der Waals surface area contributed by atoms with Crippen LogP contribution in [0.25, 0.3) is 22.0 Å². The molecule has 1 aromatic heterocycles. The number of rotatable bonds is 1. The lowest BCUT2D eigenvalue weighted by molar-refractivity contribution is -0.137. The van der Waals surface area contributed by atoms with Crippen molar-refractivity contribution in [2.75, 3.05) is 0 Å². The number of hydrogen-bond acceptors (Lipinski definition) is 2. The molecule has 6 heteroatoms. The number of pyridine rings is 1. The molecule has 0 aliphatic rings. The highest BCUT2D eigenvalue weighted by Gasteiger charge is 2.33. The zero-order valence-electron chi connectivity index (χ0n) is 11.0. The molecule has 3 rings (SSSR count). The maximum absolute atomic E-state index is 13.2. The van der Waals surface area contributed by atoms with Crippen molar-refractivity contribution in [3.05, 3.63) is 57.8 Å². The first kappa shape index (κ1) is 15.1. The van der Waals surface area contributed by atoms with Gasteiger partial charge in [0.2, 0.25) is 0 Å². The van der Waals surface area contributed by atoms with Crippen molar-refractivity contribution >= 4 is 33.5 Å². The lowest BCUT2D eigenvalue weighted by Gasteiger charge is -2.15. The second-order valence-corrected chi connectivity index (χ2v) is 5.86. The summed E-state index contributed by atoms with van der Waals surface area (Å²) >= 11 is 1.89. The predicted molar refractivity (Wildman–Crippen MR) is 86.6 cm³/mol. The number of benzene rings is 2. The van der Waals surface area contributed by atoms with E-state index in [1.54, 1.807) is 24.3 Å². The summed E-state index contributed by atoms with van der Waals surface area (Å²) in [7, 11) is 0. The monoisotopic (exact) mass is 415 g/mol. The van der Waals surface area contributed by atoms with Crippen LogP contribution in [-0.4, -0.2) is 10.1 Å². The van der Waals surface area contributed by atoms with E-state index < -0.39 is 11.7 Å². The molecule has 0 aliphatic carbocycles. The first-order chi connectivity index (χ1) is 10.4. The molecule has 0 spiro atoms. The van der Waals surface area contributed by atoms with Gasteiger partial charge in [-0.25, -0.2) is 0 Å². The Morgan fingerprint density at radius 2 is 1.73 bits per heavy atom. The highest BCUT2D eigenvalue weighted by atomic mass is 127. The topological polar surface area (TPSA) is 33.1 Å². The molecule has 3 aromatic rings. The van der Waals surface area contributed by atoms with E-state index in [9.17, 15) is 18.3 Å². The summed E-state index contributed by atoms with van der Waals surface area (Å²) in [6.07, 6.45) is -2.95. The van der Waals surface area contributed by atoms with E-state index >= 15 is 0 Å². The molecule has 1 N–H and O–H groups in total. The van der Waals surface area contributed by atoms with Gasteiger partial charge in [-0.3, -0.25) is 4.98 Å². The van der Waals surface area contributed by atoms with Gasteiger partial charge in [0.15, 0.2) is 5.75 Å². The van der Waals surface area contributed by atoms with Crippen LogP contribution in [0.4, 0.5) is 13.2 Å². The fraction of sp³-hybridized carbons (Fsp3) is 0.0625. The second kappa shape index (κ2) is 5.42. The minimum atomic E-state index is -4.45. The first-order valence-electron chi connectivity index (χ1n) is 6.32. The number of alkyl halides is 3. The first-order valence-corrected chi connectivity index (χ1v) is 7.40. The van der Waals surface area contributed by atoms with E-state index in [2.05, 4.69) is 4.98 Å². The Morgan fingerprint density at radius 3 is 2.45 bits per heavy atom. The van der Waals surface area contributed by atoms with Gasteiger partial charge < -0.3 is 5.11 Å². The van der Waals surface area contributed by atoms with Crippen molar-refractivity contribution in [1.82, 2.24) is 4.98 Å². The van der Waals surface area contributed by atoms with E-state index in [0.717, 1.165) is 6.07 Å². The number of halogens is 4. The van der Waals surface area contributed by atoms with Gasteiger partial charge in [-0.05, 0) is 51.9 Å². The number of nitrogens with zero attached hydrogens (tertiary/aromatic N) is 1. The summed E-state index contributed by atoms with van der Waals surface area (Å²) in [5, 5.41) is 10.5. The summed E-state index contributed by atoms with van der Waals surface area (Å²) in [5.41, 5.74) is 0.0622. The summed E-state index contributed by atoms with van der Waals surface area (Å²) < 4.78 is 40.2. The third kappa shape index (κ3) is 2.51. The van der Waals surface area contributed by atoms with Crippen LogP contribution in [0, 0.1) is 3.57 Å². The van der Waals surface area contributed by atoms with Crippen molar-refractivity contribution in [1.29, 1.82) is 0 Å². The zero-order valence-corrected chi connectivity index (χ0v) is 13.2. The quantitative estimate of drug-likeness (QED) is 0.553. The number of hydrogen-bond donors (Lipinski definition) is 1. The molecule has 0 radical (unpaired) electrons. The molecule has 0 bridgehead atoms. The Bertz CT molecular complexity index is 862. The van der Waals surface area contributed by atoms with Crippen molar-refractivity contribution < 1.29 is 18.3 Å². The van der Waals surface area contributed by atoms with Gasteiger partial charge in [-0.1, -0.05) is 24.3 Å². The Hall–Kier alpha value is -1.83. The molecule has 2 nitrogen and oxygen atoms in total. The Morgan fingerprint density at radius 1 is 1.00 bits per heavy atom. The highest BCUT2D eigenvalue weighted by Crippen LogP contribution is 2.42. The summed E-state index contributed by atoms with van der Waals surface area (Å²) in [6.45, 7) is 0. The van der Waals surface area contributed by atoms with Crippen LogP contribution in [0.15, 0.2) is 48.7 Å². The highest BCUT2D eigenvalue weighted by molar-refractivity contribution is 14.1. The maximum Gasteiger partial charge on any atom is 0.417 e. The molecule has 0 amide bonds. The van der Waals surface area contributed by atoms with E-state index in [0.29, 0.717) is 20.0 Å². The molecule has 0 saturated heterocycles. The molecule has 0 saturated carbocycles. The van der Waals surface area contributed by atoms with Crippen molar-refractivity contribution in [2.24, 2.45) is 0 Å². The van der Waals surface area contributed by atoms with Crippen molar-refractivity contribution in [3.63, 3.8) is 0 Å². The smallest absolute Gasteiger partial charge is 0.417 e. The molecule has 22 heavy (non-hydrogen) atoms. The molecule has 2 aromatic carbocycles. The molecule has 0 aliphatic heterocycles. The molecule has 0 atom stereocenters. The lowest BCUT2D eigenvalue weighted by atomic mass is 9.95. The Kier molecular flexibility index (Phi) is 3.72. The van der Waals surface area contributed by atoms with E-state index in [1.165, 1.54) is 18.3 Å². The third-order valence-corrected chi connectivity index (χ3v) is 4.16. The normalized spacial score (nSPS) is 11.8. The largest absolute Gasteiger partial charge is 0.505 e. The standard InChI is InChI=1S/C16H9F3INO/c17-16(18,19)12-6-2-1-4-9(12)11-8-13(20)15(22)14-10(11)5-3-7-21-14/h1-8,22H. The van der Waals surface area contributed by atoms with E-state index in [1.807, 2.05) is 22.6 Å². The predicted octanol–water partition coefficient (Wildman–Crippen LogP) is 5.23. The third-order valence-electron chi connectivity index (χ3n) is 3.34. The average molecular weight is 415 g/mol. The number of phenols is 1. The van der Waals surface area contributed by atoms with Crippen LogP contribution in [0.3, 0.4) is 0 Å². The molecule has 112 valence electrons. The molecule has 0 unspecified atom stereocenters. The van der Waals surface area contributed by atoms with Gasteiger partial charge in [0.05, 0.1) is 9.13 Å². The van der Waals surface area contributed by atoms with Gasteiger partial charge in [-0.2, -0.15) is 13.2 Å². The lowest BCUT2D eigenvalue weighted by Crippen LogP contribution is -2.07. The van der Waals surface area contributed by atoms with Crippen LogP contribution in [-0.2, 0) is 6.18 Å². The number of phenolic OH excluding ortho intramolecular Hbond substituents is 1. The van der Waals surface area contributed by atoms with Gasteiger partial charge >= 0.3 is 6.18 Å². The SMILES string of the molecule is Oc1c(I)cc(-c2ccccc2C(F)(F)F)c2cccnc12. The molecular weight excluding hydrogens is 406 g/mol. The van der Waals surface area contributed by atoms with Gasteiger partial charge in [-0.15, -0.1) is 0 Å². The minimum Gasteiger partial charge on any atom is -0.505 e. The molecular formula is C16H9F3INO. The van der Waals surface area contributed by atoms with E-state index in [4.69, 9.17) is 0 Å². The molecule has 0 fully saturated rings. The van der Waals surface area contributed by atoms with Gasteiger partial charge in [0.25, 0.3) is 0 Å². The Balaban J connectivity index is 2.40. The average Bonchev–Trinajstić information content (AvgIpc) is 2.50. The number of aromatic hydroxyl groups is 1. The van der Waals surface area contributed by atoms with Gasteiger partial charge in [0.1, 0.15) is 5.52 Å².